The Kier molecular flexibility index (Phi) is 3.37. The van der Waals surface area contributed by atoms with E-state index >= 15 is 0 Å². The van der Waals surface area contributed by atoms with E-state index < -0.39 is 9.84 Å². The predicted octanol–water partition coefficient (Wildman–Crippen LogP) is 1.11. The number of rotatable bonds is 3. The number of fused-ring (bicyclic) bond motifs is 1. The zero-order chi connectivity index (χ0) is 14.2. The third-order valence-corrected chi connectivity index (χ3v) is 5.53. The Morgan fingerprint density at radius 3 is 2.75 bits per heavy atom. The number of pyridine rings is 1. The Morgan fingerprint density at radius 2 is 2.05 bits per heavy atom. The first-order chi connectivity index (χ1) is 9.59. The molecule has 20 heavy (non-hydrogen) atoms. The standard InChI is InChI=1S/C13H17N3O3S/c1-19-13-4-2-3-11-14-15-12(16(11)13)9-10-5-7-20(17,18)8-6-10/h2-4,10H,5-9H2,1H3. The fraction of sp³-hybridized carbons (Fsp3) is 0.538. The van der Waals surface area contributed by atoms with Crippen molar-refractivity contribution in [2.75, 3.05) is 18.6 Å². The van der Waals surface area contributed by atoms with Crippen molar-refractivity contribution in [2.24, 2.45) is 5.92 Å². The van der Waals surface area contributed by atoms with E-state index in [9.17, 15) is 8.42 Å². The monoisotopic (exact) mass is 295 g/mol. The molecular weight excluding hydrogens is 278 g/mol. The summed E-state index contributed by atoms with van der Waals surface area (Å²) in [5.74, 6) is 2.44. The maximum absolute atomic E-state index is 11.5. The topological polar surface area (TPSA) is 73.6 Å². The van der Waals surface area contributed by atoms with Gasteiger partial charge in [-0.05, 0) is 30.9 Å². The van der Waals surface area contributed by atoms with Gasteiger partial charge in [-0.3, -0.25) is 0 Å². The number of hydrogen-bond donors (Lipinski definition) is 0. The van der Waals surface area contributed by atoms with Gasteiger partial charge in [0.15, 0.2) is 5.65 Å². The quantitative estimate of drug-likeness (QED) is 0.848. The van der Waals surface area contributed by atoms with Gasteiger partial charge in [-0.2, -0.15) is 0 Å². The number of ether oxygens (including phenoxy) is 1. The average Bonchev–Trinajstić information content (AvgIpc) is 2.84. The highest BCUT2D eigenvalue weighted by Gasteiger charge is 2.25. The molecule has 2 aromatic heterocycles. The van der Waals surface area contributed by atoms with Crippen LogP contribution in [0.15, 0.2) is 18.2 Å². The van der Waals surface area contributed by atoms with Gasteiger partial charge >= 0.3 is 0 Å². The van der Waals surface area contributed by atoms with Crippen LogP contribution >= 0.6 is 0 Å². The molecule has 0 amide bonds. The lowest BCUT2D eigenvalue weighted by atomic mass is 9.98. The van der Waals surface area contributed by atoms with Crippen LogP contribution in [0, 0.1) is 5.92 Å². The van der Waals surface area contributed by atoms with Crippen LogP contribution in [0.25, 0.3) is 5.65 Å². The van der Waals surface area contributed by atoms with Gasteiger partial charge in [0, 0.05) is 6.42 Å². The zero-order valence-corrected chi connectivity index (χ0v) is 12.1. The van der Waals surface area contributed by atoms with Gasteiger partial charge in [-0.15, -0.1) is 10.2 Å². The molecule has 2 aromatic rings. The first kappa shape index (κ1) is 13.4. The molecule has 1 fully saturated rings. The summed E-state index contributed by atoms with van der Waals surface area (Å²) in [6.45, 7) is 0. The van der Waals surface area contributed by atoms with Crippen molar-refractivity contribution >= 4 is 15.5 Å². The Labute approximate surface area is 117 Å². The molecule has 108 valence electrons. The summed E-state index contributed by atoms with van der Waals surface area (Å²) < 4.78 is 30.1. The van der Waals surface area contributed by atoms with Gasteiger partial charge in [0.05, 0.1) is 18.6 Å². The van der Waals surface area contributed by atoms with Crippen LogP contribution in [0.3, 0.4) is 0 Å². The molecule has 0 aromatic carbocycles. The summed E-state index contributed by atoms with van der Waals surface area (Å²) in [6, 6.07) is 5.62. The number of sulfone groups is 1. The Hall–Kier alpha value is -1.63. The molecule has 0 N–H and O–H groups in total. The second kappa shape index (κ2) is 5.05. The average molecular weight is 295 g/mol. The minimum absolute atomic E-state index is 0.283. The van der Waals surface area contributed by atoms with E-state index in [0.717, 1.165) is 17.9 Å². The molecule has 0 saturated carbocycles. The van der Waals surface area contributed by atoms with Crippen LogP contribution in [0.4, 0.5) is 0 Å². The van der Waals surface area contributed by atoms with Gasteiger partial charge in [-0.25, -0.2) is 12.8 Å². The molecule has 3 rings (SSSR count). The smallest absolute Gasteiger partial charge is 0.200 e. The van der Waals surface area contributed by atoms with Crippen molar-refractivity contribution in [3.05, 3.63) is 24.0 Å². The number of aromatic nitrogens is 3. The fourth-order valence-electron chi connectivity index (χ4n) is 2.66. The lowest BCUT2D eigenvalue weighted by molar-refractivity contribution is 0.385. The van der Waals surface area contributed by atoms with Crippen molar-refractivity contribution < 1.29 is 13.2 Å². The molecule has 3 heterocycles. The summed E-state index contributed by atoms with van der Waals surface area (Å²) in [4.78, 5) is 0. The lowest BCUT2D eigenvalue weighted by Gasteiger charge is -2.21. The van der Waals surface area contributed by atoms with E-state index in [4.69, 9.17) is 4.74 Å². The molecule has 1 aliphatic heterocycles. The molecule has 1 saturated heterocycles. The molecule has 0 spiro atoms. The first-order valence-corrected chi connectivity index (χ1v) is 8.48. The van der Waals surface area contributed by atoms with Crippen molar-refractivity contribution in [3.8, 4) is 5.88 Å². The highest BCUT2D eigenvalue weighted by molar-refractivity contribution is 7.91. The van der Waals surface area contributed by atoms with Crippen LogP contribution in [0.1, 0.15) is 18.7 Å². The largest absolute Gasteiger partial charge is 0.482 e. The molecular formula is C13H17N3O3S. The van der Waals surface area contributed by atoms with E-state index in [1.807, 2.05) is 22.6 Å². The van der Waals surface area contributed by atoms with Crippen molar-refractivity contribution in [2.45, 2.75) is 19.3 Å². The molecule has 6 nitrogen and oxygen atoms in total. The van der Waals surface area contributed by atoms with E-state index in [0.29, 0.717) is 24.6 Å². The third kappa shape index (κ3) is 2.49. The van der Waals surface area contributed by atoms with Gasteiger partial charge in [0.2, 0.25) is 5.88 Å². The molecule has 0 unspecified atom stereocenters. The van der Waals surface area contributed by atoms with Gasteiger partial charge in [0.25, 0.3) is 0 Å². The molecule has 0 atom stereocenters. The zero-order valence-electron chi connectivity index (χ0n) is 11.3. The number of methoxy groups -OCH3 is 1. The van der Waals surface area contributed by atoms with Crippen molar-refractivity contribution in [1.82, 2.24) is 14.6 Å². The van der Waals surface area contributed by atoms with Gasteiger partial charge in [0.1, 0.15) is 15.7 Å². The van der Waals surface area contributed by atoms with Crippen LogP contribution in [-0.4, -0.2) is 41.6 Å². The lowest BCUT2D eigenvalue weighted by Crippen LogP contribution is -2.25. The molecule has 0 radical (unpaired) electrons. The van der Waals surface area contributed by atoms with E-state index in [-0.39, 0.29) is 11.5 Å². The van der Waals surface area contributed by atoms with Crippen molar-refractivity contribution in [3.63, 3.8) is 0 Å². The Morgan fingerprint density at radius 1 is 1.30 bits per heavy atom. The van der Waals surface area contributed by atoms with Crippen LogP contribution in [0.2, 0.25) is 0 Å². The summed E-state index contributed by atoms with van der Waals surface area (Å²) >= 11 is 0. The van der Waals surface area contributed by atoms with Crippen LogP contribution in [-0.2, 0) is 16.3 Å². The SMILES string of the molecule is COc1cccc2nnc(CC3CCS(=O)(=O)CC3)n12. The summed E-state index contributed by atoms with van der Waals surface area (Å²) in [5, 5.41) is 8.35. The predicted molar refractivity (Wildman–Crippen MR) is 74.6 cm³/mol. The molecule has 1 aliphatic rings. The second-order valence-corrected chi connectivity index (χ2v) is 7.48. The highest BCUT2D eigenvalue weighted by Crippen LogP contribution is 2.24. The normalized spacial score (nSPS) is 19.2. The van der Waals surface area contributed by atoms with Crippen molar-refractivity contribution in [1.29, 1.82) is 0 Å². The van der Waals surface area contributed by atoms with E-state index in [1.165, 1.54) is 0 Å². The summed E-state index contributed by atoms with van der Waals surface area (Å²) in [6.07, 6.45) is 2.13. The third-order valence-electron chi connectivity index (χ3n) is 3.81. The Balaban J connectivity index is 1.85. The van der Waals surface area contributed by atoms with Gasteiger partial charge < -0.3 is 4.74 Å². The van der Waals surface area contributed by atoms with Crippen LogP contribution < -0.4 is 4.74 Å². The first-order valence-electron chi connectivity index (χ1n) is 6.66. The maximum atomic E-state index is 11.5. The van der Waals surface area contributed by atoms with Gasteiger partial charge in [-0.1, -0.05) is 6.07 Å². The number of hydrogen-bond acceptors (Lipinski definition) is 5. The summed E-state index contributed by atoms with van der Waals surface area (Å²) in [7, 11) is -1.20. The van der Waals surface area contributed by atoms with E-state index in [1.54, 1.807) is 7.11 Å². The fourth-order valence-corrected chi connectivity index (χ4v) is 4.25. The highest BCUT2D eigenvalue weighted by atomic mass is 32.2. The molecule has 7 heteroatoms. The number of nitrogens with zero attached hydrogens (tertiary/aromatic N) is 3. The minimum Gasteiger partial charge on any atom is -0.482 e. The Bertz CT molecular complexity index is 710. The van der Waals surface area contributed by atoms with E-state index in [2.05, 4.69) is 10.2 Å². The maximum Gasteiger partial charge on any atom is 0.200 e. The summed E-state index contributed by atoms with van der Waals surface area (Å²) in [5.41, 5.74) is 0.753. The molecule has 0 aliphatic carbocycles. The minimum atomic E-state index is -2.82. The molecule has 0 bridgehead atoms. The van der Waals surface area contributed by atoms with Crippen LogP contribution in [0.5, 0.6) is 5.88 Å². The second-order valence-electron chi connectivity index (χ2n) is 5.18.